The molecule has 1 heterocycles. The second-order valence-corrected chi connectivity index (χ2v) is 7.56. The monoisotopic (exact) mass is 394 g/mol. The number of para-hydroxylation sites is 1. The molecule has 1 fully saturated rings. The van der Waals surface area contributed by atoms with Gasteiger partial charge in [0.2, 0.25) is 5.91 Å². The van der Waals surface area contributed by atoms with Crippen LogP contribution in [0.2, 0.25) is 0 Å². The highest BCUT2D eigenvalue weighted by molar-refractivity contribution is 5.97. The molecule has 2 aromatic rings. The number of nitrogens with one attached hydrogen (secondary N) is 3. The van der Waals surface area contributed by atoms with Crippen LogP contribution < -0.4 is 16.0 Å². The van der Waals surface area contributed by atoms with Crippen molar-refractivity contribution in [2.45, 2.75) is 39.2 Å². The zero-order chi connectivity index (χ0) is 20.6. The van der Waals surface area contributed by atoms with Gasteiger partial charge in [0.25, 0.3) is 0 Å². The Morgan fingerprint density at radius 3 is 2.14 bits per heavy atom. The van der Waals surface area contributed by atoms with Gasteiger partial charge in [-0.1, -0.05) is 38.5 Å². The number of benzene rings is 2. The zero-order valence-corrected chi connectivity index (χ0v) is 17.2. The molecule has 29 heavy (non-hydrogen) atoms. The third-order valence-corrected chi connectivity index (χ3v) is 5.38. The number of hydrogen-bond donors (Lipinski definition) is 3. The zero-order valence-electron chi connectivity index (χ0n) is 17.2. The van der Waals surface area contributed by atoms with Gasteiger partial charge in [0, 0.05) is 30.2 Å². The van der Waals surface area contributed by atoms with Crippen LogP contribution in [-0.2, 0) is 4.79 Å². The summed E-state index contributed by atoms with van der Waals surface area (Å²) in [6.45, 7) is 5.53. The van der Waals surface area contributed by atoms with E-state index in [9.17, 15) is 9.59 Å². The summed E-state index contributed by atoms with van der Waals surface area (Å²) in [7, 11) is 0. The normalized spacial score (nSPS) is 15.4. The molecule has 3 N–H and O–H groups in total. The molecule has 0 spiro atoms. The molecule has 1 unspecified atom stereocenters. The lowest BCUT2D eigenvalue weighted by Gasteiger charge is -2.26. The highest BCUT2D eigenvalue weighted by Gasteiger charge is 2.28. The topological polar surface area (TPSA) is 73.5 Å². The van der Waals surface area contributed by atoms with E-state index in [0.717, 1.165) is 43.7 Å². The fraction of sp³-hybridized carbons (Fsp3) is 0.391. The van der Waals surface area contributed by atoms with E-state index in [1.54, 1.807) is 4.90 Å². The van der Waals surface area contributed by atoms with Crippen LogP contribution >= 0.6 is 0 Å². The summed E-state index contributed by atoms with van der Waals surface area (Å²) in [6, 6.07) is 16.8. The predicted octanol–water partition coefficient (Wildman–Crippen LogP) is 4.59. The van der Waals surface area contributed by atoms with Crippen molar-refractivity contribution in [1.29, 1.82) is 0 Å². The Labute approximate surface area is 172 Å². The molecule has 0 bridgehead atoms. The second-order valence-electron chi connectivity index (χ2n) is 7.56. The van der Waals surface area contributed by atoms with Crippen molar-refractivity contribution >= 4 is 29.0 Å². The third-order valence-electron chi connectivity index (χ3n) is 5.38. The molecule has 0 saturated carbocycles. The van der Waals surface area contributed by atoms with Gasteiger partial charge in [0.05, 0.1) is 0 Å². The molecule has 1 saturated heterocycles. The van der Waals surface area contributed by atoms with E-state index < -0.39 is 6.04 Å². The number of likely N-dealkylation sites (tertiary alicyclic amines) is 1. The van der Waals surface area contributed by atoms with Crippen molar-refractivity contribution < 1.29 is 9.59 Å². The number of hydrogen-bond acceptors (Lipinski definition) is 3. The fourth-order valence-corrected chi connectivity index (χ4v) is 3.39. The van der Waals surface area contributed by atoms with Crippen LogP contribution in [0.15, 0.2) is 54.6 Å². The van der Waals surface area contributed by atoms with Gasteiger partial charge in [-0.15, -0.1) is 0 Å². The van der Waals surface area contributed by atoms with Crippen LogP contribution in [0.25, 0.3) is 0 Å². The van der Waals surface area contributed by atoms with Crippen LogP contribution in [0.1, 0.15) is 33.1 Å². The number of anilines is 3. The first-order valence-corrected chi connectivity index (χ1v) is 10.3. The first-order chi connectivity index (χ1) is 14.1. The number of carbonyl (C=O) groups excluding carboxylic acids is 2. The molecule has 0 aliphatic carbocycles. The Balaban J connectivity index is 1.61. The number of carbonyl (C=O) groups is 2. The van der Waals surface area contributed by atoms with Gasteiger partial charge in [-0.3, -0.25) is 4.79 Å². The first kappa shape index (κ1) is 20.7. The van der Waals surface area contributed by atoms with Crippen LogP contribution in [0.5, 0.6) is 0 Å². The molecule has 154 valence electrons. The fourth-order valence-electron chi connectivity index (χ4n) is 3.39. The summed E-state index contributed by atoms with van der Waals surface area (Å²) in [5, 5.41) is 9.20. The lowest BCUT2D eigenvalue weighted by molar-refractivity contribution is -0.119. The van der Waals surface area contributed by atoms with Crippen LogP contribution in [0.3, 0.4) is 0 Å². The Bertz CT molecular complexity index is 801. The van der Waals surface area contributed by atoms with Crippen LogP contribution in [0.4, 0.5) is 21.9 Å². The van der Waals surface area contributed by atoms with E-state index in [4.69, 9.17) is 0 Å². The summed E-state index contributed by atoms with van der Waals surface area (Å²) < 4.78 is 0. The van der Waals surface area contributed by atoms with Crippen molar-refractivity contribution in [2.75, 3.05) is 23.7 Å². The van der Waals surface area contributed by atoms with E-state index >= 15 is 0 Å². The molecule has 3 amide bonds. The SMILES string of the molecule is CCC(C)[C@H](NC(=O)N1CCCC1)C(=O)Nc1ccc(Nc2ccccc2)cc1. The molecule has 0 aromatic heterocycles. The Kier molecular flexibility index (Phi) is 7.11. The summed E-state index contributed by atoms with van der Waals surface area (Å²) in [5.41, 5.74) is 2.65. The van der Waals surface area contributed by atoms with E-state index in [-0.39, 0.29) is 17.9 Å². The van der Waals surface area contributed by atoms with Gasteiger partial charge in [0.1, 0.15) is 6.04 Å². The van der Waals surface area contributed by atoms with Gasteiger partial charge < -0.3 is 20.9 Å². The molecule has 1 aliphatic heterocycles. The van der Waals surface area contributed by atoms with Gasteiger partial charge in [0.15, 0.2) is 0 Å². The molecular weight excluding hydrogens is 364 g/mol. The Morgan fingerprint density at radius 1 is 0.931 bits per heavy atom. The van der Waals surface area contributed by atoms with E-state index in [0.29, 0.717) is 5.69 Å². The quantitative estimate of drug-likeness (QED) is 0.643. The number of amides is 3. The highest BCUT2D eigenvalue weighted by Crippen LogP contribution is 2.20. The average molecular weight is 395 g/mol. The molecule has 2 atom stereocenters. The van der Waals surface area contributed by atoms with Crippen molar-refractivity contribution in [3.63, 3.8) is 0 Å². The van der Waals surface area contributed by atoms with Gasteiger partial charge in [-0.25, -0.2) is 4.79 Å². The lowest BCUT2D eigenvalue weighted by Crippen LogP contribution is -2.51. The van der Waals surface area contributed by atoms with Crippen LogP contribution in [-0.4, -0.2) is 36.0 Å². The number of rotatable bonds is 7. The van der Waals surface area contributed by atoms with E-state index in [2.05, 4.69) is 16.0 Å². The third kappa shape index (κ3) is 5.73. The molecule has 1 aliphatic rings. The Hall–Kier alpha value is -3.02. The molecule has 3 rings (SSSR count). The van der Waals surface area contributed by atoms with Crippen molar-refractivity contribution in [1.82, 2.24) is 10.2 Å². The van der Waals surface area contributed by atoms with E-state index in [1.807, 2.05) is 68.4 Å². The minimum Gasteiger partial charge on any atom is -0.356 e. The maximum Gasteiger partial charge on any atom is 0.318 e. The van der Waals surface area contributed by atoms with Crippen LogP contribution in [0, 0.1) is 5.92 Å². The van der Waals surface area contributed by atoms with Crippen molar-refractivity contribution in [2.24, 2.45) is 5.92 Å². The maximum atomic E-state index is 12.9. The highest BCUT2D eigenvalue weighted by atomic mass is 16.2. The van der Waals surface area contributed by atoms with Gasteiger partial charge >= 0.3 is 6.03 Å². The Morgan fingerprint density at radius 2 is 1.52 bits per heavy atom. The summed E-state index contributed by atoms with van der Waals surface area (Å²) in [6.07, 6.45) is 2.85. The maximum absolute atomic E-state index is 12.9. The van der Waals surface area contributed by atoms with Crippen molar-refractivity contribution in [3.8, 4) is 0 Å². The molecular formula is C23H30N4O2. The van der Waals surface area contributed by atoms with Gasteiger partial charge in [-0.2, -0.15) is 0 Å². The predicted molar refractivity (Wildman–Crippen MR) is 117 cm³/mol. The largest absolute Gasteiger partial charge is 0.356 e. The minimum atomic E-state index is -0.560. The second kappa shape index (κ2) is 9.96. The molecule has 0 radical (unpaired) electrons. The molecule has 6 nitrogen and oxygen atoms in total. The average Bonchev–Trinajstić information content (AvgIpc) is 3.28. The first-order valence-electron chi connectivity index (χ1n) is 10.3. The summed E-state index contributed by atoms with van der Waals surface area (Å²) in [4.78, 5) is 27.1. The number of urea groups is 1. The summed E-state index contributed by atoms with van der Waals surface area (Å²) in [5.74, 6) is -0.142. The smallest absolute Gasteiger partial charge is 0.318 e. The lowest BCUT2D eigenvalue weighted by atomic mass is 9.98. The van der Waals surface area contributed by atoms with Gasteiger partial charge in [-0.05, 0) is 55.2 Å². The molecule has 6 heteroatoms. The number of nitrogens with zero attached hydrogens (tertiary/aromatic N) is 1. The standard InChI is InChI=1S/C23H30N4O2/c1-3-17(2)21(26-23(29)27-15-7-8-16-27)22(28)25-20-13-11-19(12-14-20)24-18-9-5-4-6-10-18/h4-6,9-14,17,21,24H,3,7-8,15-16H2,1-2H3,(H,25,28)(H,26,29)/t17?,21-/m0/s1. The van der Waals surface area contributed by atoms with Crippen molar-refractivity contribution in [3.05, 3.63) is 54.6 Å². The van der Waals surface area contributed by atoms with E-state index in [1.165, 1.54) is 0 Å². The molecule has 2 aromatic carbocycles. The minimum absolute atomic E-state index is 0.0422. The summed E-state index contributed by atoms with van der Waals surface area (Å²) >= 11 is 0.